The van der Waals surface area contributed by atoms with E-state index in [0.29, 0.717) is 5.92 Å². The van der Waals surface area contributed by atoms with E-state index in [1.54, 1.807) is 0 Å². The Morgan fingerprint density at radius 1 is 1.00 bits per heavy atom. The van der Waals surface area contributed by atoms with Crippen molar-refractivity contribution in [3.05, 3.63) is 71.3 Å². The van der Waals surface area contributed by atoms with Gasteiger partial charge >= 0.3 is 0 Å². The van der Waals surface area contributed by atoms with Gasteiger partial charge in [-0.2, -0.15) is 0 Å². The molecule has 1 saturated heterocycles. The maximum absolute atomic E-state index is 6.62. The van der Waals surface area contributed by atoms with Gasteiger partial charge in [-0.3, -0.25) is 0 Å². The van der Waals surface area contributed by atoms with Gasteiger partial charge in [-0.25, -0.2) is 0 Å². The Labute approximate surface area is 131 Å². The van der Waals surface area contributed by atoms with E-state index in [-0.39, 0.29) is 5.38 Å². The Morgan fingerprint density at radius 2 is 1.71 bits per heavy atom. The third kappa shape index (κ3) is 3.87. The summed E-state index contributed by atoms with van der Waals surface area (Å²) in [5, 5.41) is 0.0658. The number of rotatable bonds is 4. The molecule has 0 bridgehead atoms. The fraction of sp³-hybridized carbons (Fsp3) is 0.368. The van der Waals surface area contributed by atoms with Crippen LogP contribution in [0.15, 0.2) is 54.6 Å². The number of hydrogen-bond donors (Lipinski definition) is 0. The first kappa shape index (κ1) is 14.6. The fourth-order valence-corrected chi connectivity index (χ4v) is 3.26. The number of benzene rings is 2. The zero-order valence-electron chi connectivity index (χ0n) is 12.2. The van der Waals surface area contributed by atoms with E-state index in [1.165, 1.54) is 23.1 Å². The van der Waals surface area contributed by atoms with E-state index in [2.05, 4.69) is 54.6 Å². The summed E-state index contributed by atoms with van der Waals surface area (Å²) in [4.78, 5) is 0. The van der Waals surface area contributed by atoms with E-state index in [4.69, 9.17) is 16.3 Å². The molecule has 0 amide bonds. The van der Waals surface area contributed by atoms with Crippen LogP contribution in [0.5, 0.6) is 0 Å². The third-order valence-electron chi connectivity index (χ3n) is 4.16. The van der Waals surface area contributed by atoms with E-state index >= 15 is 0 Å². The number of alkyl halides is 1. The van der Waals surface area contributed by atoms with Crippen molar-refractivity contribution < 1.29 is 4.74 Å². The summed E-state index contributed by atoms with van der Waals surface area (Å²) in [7, 11) is 0. The second kappa shape index (κ2) is 7.11. The molecule has 1 nitrogen and oxygen atoms in total. The lowest BCUT2D eigenvalue weighted by molar-refractivity contribution is 0.0531. The normalized spacial score (nSPS) is 20.1. The summed E-state index contributed by atoms with van der Waals surface area (Å²) >= 11 is 6.62. The van der Waals surface area contributed by atoms with E-state index in [0.717, 1.165) is 26.1 Å². The monoisotopic (exact) mass is 300 g/mol. The van der Waals surface area contributed by atoms with Crippen LogP contribution in [0.1, 0.15) is 34.9 Å². The number of hydrogen-bond acceptors (Lipinski definition) is 1. The minimum Gasteiger partial charge on any atom is -0.381 e. The molecule has 0 saturated carbocycles. The second-order valence-corrected chi connectivity index (χ2v) is 6.25. The van der Waals surface area contributed by atoms with Gasteiger partial charge in [0.1, 0.15) is 0 Å². The van der Waals surface area contributed by atoms with Crippen molar-refractivity contribution in [1.29, 1.82) is 0 Å². The standard InChI is InChI=1S/C19H21ClO/c20-19(18-7-4-12-21-14-18)17-10-8-16(9-11-17)13-15-5-2-1-3-6-15/h1-3,5-6,8-11,18-19H,4,7,12-14H2. The van der Waals surface area contributed by atoms with Crippen LogP contribution in [0.4, 0.5) is 0 Å². The van der Waals surface area contributed by atoms with Crippen molar-refractivity contribution in [3.8, 4) is 0 Å². The van der Waals surface area contributed by atoms with Crippen LogP contribution in [0.25, 0.3) is 0 Å². The molecule has 2 unspecified atom stereocenters. The molecule has 1 aliphatic rings. The molecular formula is C19H21ClO. The molecule has 1 fully saturated rings. The summed E-state index contributed by atoms with van der Waals surface area (Å²) in [6.45, 7) is 1.68. The quantitative estimate of drug-likeness (QED) is 0.723. The maximum atomic E-state index is 6.62. The van der Waals surface area contributed by atoms with Crippen molar-refractivity contribution in [3.63, 3.8) is 0 Å². The molecule has 3 rings (SSSR count). The first-order valence-corrected chi connectivity index (χ1v) is 8.11. The Bertz CT molecular complexity index is 544. The van der Waals surface area contributed by atoms with Crippen molar-refractivity contribution in [2.75, 3.05) is 13.2 Å². The molecule has 2 heteroatoms. The fourth-order valence-electron chi connectivity index (χ4n) is 2.92. The summed E-state index contributed by atoms with van der Waals surface area (Å²) in [5.41, 5.74) is 3.88. The van der Waals surface area contributed by atoms with E-state index in [9.17, 15) is 0 Å². The topological polar surface area (TPSA) is 9.23 Å². The van der Waals surface area contributed by atoms with Crippen molar-refractivity contribution in [2.45, 2.75) is 24.6 Å². The maximum Gasteiger partial charge on any atom is 0.0635 e. The summed E-state index contributed by atoms with van der Waals surface area (Å²) in [6.07, 6.45) is 3.26. The minimum atomic E-state index is 0.0658. The summed E-state index contributed by atoms with van der Waals surface area (Å²) < 4.78 is 5.54. The van der Waals surface area contributed by atoms with Crippen LogP contribution in [0.2, 0.25) is 0 Å². The molecule has 0 radical (unpaired) electrons. The first-order valence-electron chi connectivity index (χ1n) is 7.67. The van der Waals surface area contributed by atoms with Gasteiger partial charge in [-0.1, -0.05) is 54.6 Å². The van der Waals surface area contributed by atoms with E-state index < -0.39 is 0 Å². The molecule has 110 valence electrons. The lowest BCUT2D eigenvalue weighted by Gasteiger charge is -2.26. The van der Waals surface area contributed by atoms with Crippen LogP contribution < -0.4 is 0 Å². The Balaban J connectivity index is 1.66. The highest BCUT2D eigenvalue weighted by molar-refractivity contribution is 6.21. The Kier molecular flexibility index (Phi) is 4.95. The SMILES string of the molecule is ClC(c1ccc(Cc2ccccc2)cc1)C1CCCOC1. The molecule has 2 aromatic rings. The van der Waals surface area contributed by atoms with Crippen molar-refractivity contribution in [1.82, 2.24) is 0 Å². The number of halogens is 1. The molecule has 2 aromatic carbocycles. The second-order valence-electron chi connectivity index (χ2n) is 5.78. The van der Waals surface area contributed by atoms with Gasteiger partial charge in [0.15, 0.2) is 0 Å². The van der Waals surface area contributed by atoms with Gasteiger partial charge in [0, 0.05) is 12.5 Å². The molecule has 2 atom stereocenters. The molecule has 0 aromatic heterocycles. The summed E-state index contributed by atoms with van der Waals surface area (Å²) in [5.74, 6) is 0.445. The van der Waals surface area contributed by atoms with Gasteiger partial charge < -0.3 is 4.74 Å². The zero-order chi connectivity index (χ0) is 14.5. The lowest BCUT2D eigenvalue weighted by atomic mass is 9.92. The first-order chi connectivity index (χ1) is 10.3. The zero-order valence-corrected chi connectivity index (χ0v) is 12.9. The Morgan fingerprint density at radius 3 is 2.38 bits per heavy atom. The molecule has 0 N–H and O–H groups in total. The molecule has 21 heavy (non-hydrogen) atoms. The minimum absolute atomic E-state index is 0.0658. The van der Waals surface area contributed by atoms with Crippen molar-refractivity contribution in [2.24, 2.45) is 5.92 Å². The molecule has 0 aliphatic carbocycles. The molecular weight excluding hydrogens is 280 g/mol. The van der Waals surface area contributed by atoms with Gasteiger partial charge in [0.05, 0.1) is 12.0 Å². The smallest absolute Gasteiger partial charge is 0.0635 e. The van der Waals surface area contributed by atoms with Crippen molar-refractivity contribution >= 4 is 11.6 Å². The largest absolute Gasteiger partial charge is 0.381 e. The lowest BCUT2D eigenvalue weighted by Crippen LogP contribution is -2.21. The van der Waals surface area contributed by atoms with Crippen LogP contribution in [0, 0.1) is 5.92 Å². The predicted molar refractivity (Wildman–Crippen MR) is 87.8 cm³/mol. The van der Waals surface area contributed by atoms with E-state index in [1.807, 2.05) is 0 Å². The van der Waals surface area contributed by atoms with Crippen LogP contribution in [0.3, 0.4) is 0 Å². The van der Waals surface area contributed by atoms with Gasteiger partial charge in [0.25, 0.3) is 0 Å². The highest BCUT2D eigenvalue weighted by Crippen LogP contribution is 2.34. The average Bonchev–Trinajstić information content (AvgIpc) is 2.57. The molecule has 1 aliphatic heterocycles. The molecule has 0 spiro atoms. The third-order valence-corrected chi connectivity index (χ3v) is 4.77. The average molecular weight is 301 g/mol. The van der Waals surface area contributed by atoms with Crippen LogP contribution in [-0.2, 0) is 11.2 Å². The van der Waals surface area contributed by atoms with Gasteiger partial charge in [-0.05, 0) is 36.0 Å². The van der Waals surface area contributed by atoms with Gasteiger partial charge in [-0.15, -0.1) is 11.6 Å². The van der Waals surface area contributed by atoms with Gasteiger partial charge in [0.2, 0.25) is 0 Å². The summed E-state index contributed by atoms with van der Waals surface area (Å²) in [6, 6.07) is 19.3. The highest BCUT2D eigenvalue weighted by Gasteiger charge is 2.23. The highest BCUT2D eigenvalue weighted by atomic mass is 35.5. The Hall–Kier alpha value is -1.31. The number of ether oxygens (including phenoxy) is 1. The predicted octanol–water partition coefficient (Wildman–Crippen LogP) is 4.98. The molecule has 1 heterocycles. The van der Waals surface area contributed by atoms with Crippen LogP contribution >= 0.6 is 11.6 Å². The van der Waals surface area contributed by atoms with Crippen LogP contribution in [-0.4, -0.2) is 13.2 Å².